The van der Waals surface area contributed by atoms with Crippen molar-refractivity contribution < 1.29 is 9.90 Å². The maximum Gasteiger partial charge on any atom is 0.321 e. The number of hydrogen-bond acceptors (Lipinski definition) is 2. The van der Waals surface area contributed by atoms with Crippen LogP contribution in [0.3, 0.4) is 0 Å². The third-order valence-electron chi connectivity index (χ3n) is 2.69. The van der Waals surface area contributed by atoms with Gasteiger partial charge in [0.15, 0.2) is 0 Å². The first kappa shape index (κ1) is 14.0. The molecule has 2 amide bonds. The maximum atomic E-state index is 11.9. The summed E-state index contributed by atoms with van der Waals surface area (Å²) in [6.45, 7) is 3.66. The molecule has 1 rings (SSSR count). The molecule has 0 spiro atoms. The molecule has 0 radical (unpaired) electrons. The number of anilines is 1. The smallest absolute Gasteiger partial charge is 0.321 e. The van der Waals surface area contributed by atoms with E-state index < -0.39 is 0 Å². The van der Waals surface area contributed by atoms with E-state index in [9.17, 15) is 4.79 Å². The zero-order valence-corrected chi connectivity index (χ0v) is 11.8. The molecule has 1 atom stereocenters. The largest absolute Gasteiger partial charge is 0.394 e. The second-order valence-corrected chi connectivity index (χ2v) is 4.95. The average molecular weight is 301 g/mol. The molecule has 0 fully saturated rings. The Morgan fingerprint density at radius 3 is 2.82 bits per heavy atom. The number of aliphatic hydroxyl groups is 1. The van der Waals surface area contributed by atoms with Crippen molar-refractivity contribution in [1.29, 1.82) is 0 Å². The maximum absolute atomic E-state index is 11.9. The SMILES string of the molecule is Cc1ccc(Br)cc1NC(=O)N(C)C(C)CO. The average Bonchev–Trinajstić information content (AvgIpc) is 2.31. The molecule has 17 heavy (non-hydrogen) atoms. The molecular formula is C12H17BrN2O2. The van der Waals surface area contributed by atoms with Gasteiger partial charge in [0.2, 0.25) is 0 Å². The van der Waals surface area contributed by atoms with Gasteiger partial charge >= 0.3 is 6.03 Å². The van der Waals surface area contributed by atoms with Crippen molar-refractivity contribution in [3.8, 4) is 0 Å². The summed E-state index contributed by atoms with van der Waals surface area (Å²) >= 11 is 3.36. The molecule has 1 unspecified atom stereocenters. The third kappa shape index (κ3) is 3.71. The van der Waals surface area contributed by atoms with Gasteiger partial charge in [0.25, 0.3) is 0 Å². The lowest BCUT2D eigenvalue weighted by molar-refractivity contribution is 0.166. The quantitative estimate of drug-likeness (QED) is 0.901. The molecule has 94 valence electrons. The first-order valence-electron chi connectivity index (χ1n) is 5.36. The van der Waals surface area contributed by atoms with Gasteiger partial charge in [-0.05, 0) is 31.5 Å². The number of aryl methyl sites for hydroxylation is 1. The van der Waals surface area contributed by atoms with Crippen molar-refractivity contribution in [1.82, 2.24) is 4.90 Å². The van der Waals surface area contributed by atoms with Crippen LogP contribution in [0.25, 0.3) is 0 Å². The zero-order valence-electron chi connectivity index (χ0n) is 10.2. The minimum Gasteiger partial charge on any atom is -0.394 e. The molecule has 1 aromatic carbocycles. The molecule has 1 aromatic rings. The molecule has 0 saturated carbocycles. The molecular weight excluding hydrogens is 284 g/mol. The van der Waals surface area contributed by atoms with Gasteiger partial charge in [-0.15, -0.1) is 0 Å². The van der Waals surface area contributed by atoms with Gasteiger partial charge in [0, 0.05) is 17.2 Å². The number of amides is 2. The van der Waals surface area contributed by atoms with Gasteiger partial charge in [0.05, 0.1) is 12.6 Å². The van der Waals surface area contributed by atoms with Crippen molar-refractivity contribution in [3.63, 3.8) is 0 Å². The highest BCUT2D eigenvalue weighted by Crippen LogP contribution is 2.21. The van der Waals surface area contributed by atoms with Gasteiger partial charge in [-0.2, -0.15) is 0 Å². The van der Waals surface area contributed by atoms with Crippen molar-refractivity contribution in [3.05, 3.63) is 28.2 Å². The number of halogens is 1. The fourth-order valence-corrected chi connectivity index (χ4v) is 1.62. The Labute approximate surface area is 110 Å². The molecule has 0 bridgehead atoms. The number of nitrogens with zero attached hydrogens (tertiary/aromatic N) is 1. The topological polar surface area (TPSA) is 52.6 Å². The molecule has 0 heterocycles. The van der Waals surface area contributed by atoms with Crippen molar-refractivity contribution in [2.24, 2.45) is 0 Å². The first-order chi connectivity index (χ1) is 7.95. The molecule has 0 aromatic heterocycles. The molecule has 0 aliphatic rings. The van der Waals surface area contributed by atoms with Gasteiger partial charge in [-0.25, -0.2) is 4.79 Å². The predicted molar refractivity (Wildman–Crippen MR) is 72.2 cm³/mol. The van der Waals surface area contributed by atoms with E-state index in [2.05, 4.69) is 21.2 Å². The van der Waals surface area contributed by atoms with Crippen LogP contribution in [0.5, 0.6) is 0 Å². The minimum absolute atomic E-state index is 0.0542. The Bertz CT molecular complexity index is 409. The molecule has 0 aliphatic carbocycles. The van der Waals surface area contributed by atoms with Gasteiger partial charge in [-0.1, -0.05) is 22.0 Å². The summed E-state index contributed by atoms with van der Waals surface area (Å²) in [6.07, 6.45) is 0. The second-order valence-electron chi connectivity index (χ2n) is 4.03. The van der Waals surface area contributed by atoms with Crippen molar-refractivity contribution >= 4 is 27.6 Å². The monoisotopic (exact) mass is 300 g/mol. The van der Waals surface area contributed by atoms with Crippen LogP contribution < -0.4 is 5.32 Å². The van der Waals surface area contributed by atoms with Crippen molar-refractivity contribution in [2.45, 2.75) is 19.9 Å². The predicted octanol–water partition coefficient (Wildman–Crippen LogP) is 2.60. The highest BCUT2D eigenvalue weighted by Gasteiger charge is 2.15. The van der Waals surface area contributed by atoms with E-state index in [0.29, 0.717) is 0 Å². The highest BCUT2D eigenvalue weighted by atomic mass is 79.9. The molecule has 0 aliphatic heterocycles. The van der Waals surface area contributed by atoms with Crippen LogP contribution in [0.2, 0.25) is 0 Å². The van der Waals surface area contributed by atoms with E-state index in [1.807, 2.05) is 25.1 Å². The van der Waals surface area contributed by atoms with Crippen LogP contribution in [0.1, 0.15) is 12.5 Å². The van der Waals surface area contributed by atoms with Crippen LogP contribution in [0.4, 0.5) is 10.5 Å². The number of urea groups is 1. The number of rotatable bonds is 3. The lowest BCUT2D eigenvalue weighted by Crippen LogP contribution is -2.40. The number of nitrogens with one attached hydrogen (secondary N) is 1. The van der Waals surface area contributed by atoms with Gasteiger partial charge in [0.1, 0.15) is 0 Å². The van der Waals surface area contributed by atoms with Gasteiger partial charge in [-0.3, -0.25) is 0 Å². The number of likely N-dealkylation sites (N-methyl/N-ethyl adjacent to an activating group) is 1. The summed E-state index contributed by atoms with van der Waals surface area (Å²) in [4.78, 5) is 13.3. The van der Waals surface area contributed by atoms with E-state index in [-0.39, 0.29) is 18.7 Å². The van der Waals surface area contributed by atoms with E-state index >= 15 is 0 Å². The van der Waals surface area contributed by atoms with E-state index in [1.54, 1.807) is 14.0 Å². The summed E-state index contributed by atoms with van der Waals surface area (Å²) < 4.78 is 0.913. The van der Waals surface area contributed by atoms with E-state index in [0.717, 1.165) is 15.7 Å². The van der Waals surface area contributed by atoms with Crippen LogP contribution >= 0.6 is 15.9 Å². The minimum atomic E-state index is -0.229. The van der Waals surface area contributed by atoms with E-state index in [1.165, 1.54) is 4.90 Å². The lowest BCUT2D eigenvalue weighted by atomic mass is 10.2. The van der Waals surface area contributed by atoms with Gasteiger partial charge < -0.3 is 15.3 Å². The standard InChI is InChI=1S/C12H17BrN2O2/c1-8-4-5-10(13)6-11(8)14-12(17)15(3)9(2)7-16/h4-6,9,16H,7H2,1-3H3,(H,14,17). The lowest BCUT2D eigenvalue weighted by Gasteiger charge is -2.24. The van der Waals surface area contributed by atoms with Crippen LogP contribution in [0.15, 0.2) is 22.7 Å². The highest BCUT2D eigenvalue weighted by molar-refractivity contribution is 9.10. The number of benzene rings is 1. The summed E-state index contributed by atoms with van der Waals surface area (Å²) in [5, 5.41) is 11.8. The molecule has 5 heteroatoms. The summed E-state index contributed by atoms with van der Waals surface area (Å²) in [7, 11) is 1.66. The Morgan fingerprint density at radius 2 is 2.24 bits per heavy atom. The Balaban J connectivity index is 2.77. The Hall–Kier alpha value is -1.07. The zero-order chi connectivity index (χ0) is 13.0. The molecule has 2 N–H and O–H groups in total. The van der Waals surface area contributed by atoms with Crippen LogP contribution in [0, 0.1) is 6.92 Å². The normalized spacial score (nSPS) is 12.1. The summed E-state index contributed by atoms with van der Waals surface area (Å²) in [5.74, 6) is 0. The fourth-order valence-electron chi connectivity index (χ4n) is 1.25. The third-order valence-corrected chi connectivity index (χ3v) is 3.18. The number of hydrogen-bond donors (Lipinski definition) is 2. The van der Waals surface area contributed by atoms with E-state index in [4.69, 9.17) is 5.11 Å². The number of aliphatic hydroxyl groups excluding tert-OH is 1. The number of carbonyl (C=O) groups excluding carboxylic acids is 1. The summed E-state index contributed by atoms with van der Waals surface area (Å²) in [6, 6.07) is 5.26. The fraction of sp³-hybridized carbons (Fsp3) is 0.417. The number of carbonyl (C=O) groups is 1. The Kier molecular flexibility index (Phi) is 4.96. The second kappa shape index (κ2) is 6.02. The Morgan fingerprint density at radius 1 is 1.59 bits per heavy atom. The van der Waals surface area contributed by atoms with Crippen LogP contribution in [-0.2, 0) is 0 Å². The first-order valence-corrected chi connectivity index (χ1v) is 6.15. The summed E-state index contributed by atoms with van der Waals surface area (Å²) in [5.41, 5.74) is 1.76. The molecule has 4 nitrogen and oxygen atoms in total. The van der Waals surface area contributed by atoms with Crippen molar-refractivity contribution in [2.75, 3.05) is 19.0 Å². The van der Waals surface area contributed by atoms with Crippen LogP contribution in [-0.4, -0.2) is 35.7 Å². The molecule has 0 saturated heterocycles.